The minimum Gasteiger partial charge on any atom is -0.491 e. The molecule has 2 heterocycles. The zero-order chi connectivity index (χ0) is 23.3. The number of nitrogens with zero attached hydrogens (tertiary/aromatic N) is 2. The minimum absolute atomic E-state index is 0.00966. The highest BCUT2D eigenvalue weighted by molar-refractivity contribution is 7.10. The van der Waals surface area contributed by atoms with E-state index in [1.54, 1.807) is 22.3 Å². The van der Waals surface area contributed by atoms with Crippen LogP contribution in [0.3, 0.4) is 0 Å². The average molecular weight is 455 g/mol. The zero-order valence-corrected chi connectivity index (χ0v) is 20.4. The van der Waals surface area contributed by atoms with E-state index in [-0.39, 0.29) is 30.3 Å². The van der Waals surface area contributed by atoms with Gasteiger partial charge in [-0.15, -0.1) is 17.9 Å². The van der Waals surface area contributed by atoms with Gasteiger partial charge in [-0.1, -0.05) is 37.6 Å². The molecule has 2 amide bonds. The highest BCUT2D eigenvalue weighted by atomic mass is 32.1. The summed E-state index contributed by atoms with van der Waals surface area (Å²) in [5.41, 5.74) is 3.43. The second-order valence-electron chi connectivity index (χ2n) is 8.89. The fourth-order valence-electron chi connectivity index (χ4n) is 4.15. The van der Waals surface area contributed by atoms with E-state index >= 15 is 0 Å². The third-order valence-corrected chi connectivity index (χ3v) is 6.75. The van der Waals surface area contributed by atoms with Gasteiger partial charge in [-0.2, -0.15) is 0 Å². The van der Waals surface area contributed by atoms with Crippen LogP contribution in [0.2, 0.25) is 0 Å². The molecule has 2 aromatic rings. The Balaban J connectivity index is 1.77. The van der Waals surface area contributed by atoms with Crippen LogP contribution in [0.4, 0.5) is 0 Å². The number of thiophene rings is 1. The maximum atomic E-state index is 13.4. The standard InChI is InChI=1S/C26H34N2O3S/c1-6-11-27(25(29)14-18(2)3)16-26(30)28-12-9-24-21(10-13-32-24)22(28)17-31-23-8-7-19(4)15-20(23)5/h6-8,10,13,15,18,22H,1,9,11-12,14,16-17H2,2-5H3. The van der Waals surface area contributed by atoms with Crippen molar-refractivity contribution in [2.75, 3.05) is 26.2 Å². The fourth-order valence-corrected chi connectivity index (χ4v) is 5.08. The molecule has 0 fully saturated rings. The SMILES string of the molecule is C=CCN(CC(=O)N1CCc2sccc2C1COc1ccc(C)cc1C)C(=O)CC(C)C. The number of amides is 2. The lowest BCUT2D eigenvalue weighted by atomic mass is 10.00. The Bertz CT molecular complexity index is 966. The number of ether oxygens (including phenoxy) is 1. The van der Waals surface area contributed by atoms with Gasteiger partial charge >= 0.3 is 0 Å². The Morgan fingerprint density at radius 2 is 2.09 bits per heavy atom. The summed E-state index contributed by atoms with van der Waals surface area (Å²) in [6.45, 7) is 13.3. The van der Waals surface area contributed by atoms with Crippen molar-refractivity contribution in [2.24, 2.45) is 5.92 Å². The van der Waals surface area contributed by atoms with Gasteiger partial charge < -0.3 is 14.5 Å². The Morgan fingerprint density at radius 1 is 1.31 bits per heavy atom. The maximum Gasteiger partial charge on any atom is 0.242 e. The third-order valence-electron chi connectivity index (χ3n) is 5.75. The lowest BCUT2D eigenvalue weighted by Gasteiger charge is -2.37. The van der Waals surface area contributed by atoms with E-state index in [9.17, 15) is 9.59 Å². The van der Waals surface area contributed by atoms with Crippen molar-refractivity contribution in [3.63, 3.8) is 0 Å². The van der Waals surface area contributed by atoms with Gasteiger partial charge in [0, 0.05) is 24.4 Å². The smallest absolute Gasteiger partial charge is 0.242 e. The fraction of sp³-hybridized carbons (Fsp3) is 0.462. The topological polar surface area (TPSA) is 49.9 Å². The summed E-state index contributed by atoms with van der Waals surface area (Å²) >= 11 is 1.73. The van der Waals surface area contributed by atoms with Crippen molar-refractivity contribution in [2.45, 2.75) is 46.6 Å². The molecule has 0 aliphatic carbocycles. The molecule has 0 radical (unpaired) electrons. The van der Waals surface area contributed by atoms with Crippen LogP contribution in [-0.2, 0) is 16.0 Å². The van der Waals surface area contributed by atoms with Gasteiger partial charge in [0.15, 0.2) is 0 Å². The van der Waals surface area contributed by atoms with E-state index in [1.165, 1.54) is 10.4 Å². The summed E-state index contributed by atoms with van der Waals surface area (Å²) in [5.74, 6) is 1.03. The van der Waals surface area contributed by atoms with E-state index in [0.29, 0.717) is 26.1 Å². The number of fused-ring (bicyclic) bond motifs is 1. The van der Waals surface area contributed by atoms with Crippen molar-refractivity contribution in [3.05, 3.63) is 63.9 Å². The van der Waals surface area contributed by atoms with E-state index in [2.05, 4.69) is 31.0 Å². The molecule has 0 bridgehead atoms. The highest BCUT2D eigenvalue weighted by Gasteiger charge is 2.33. The molecule has 1 aliphatic heterocycles. The van der Waals surface area contributed by atoms with Crippen LogP contribution in [0.1, 0.15) is 47.9 Å². The average Bonchev–Trinajstić information content (AvgIpc) is 3.21. The number of aryl methyl sites for hydroxylation is 2. The lowest BCUT2D eigenvalue weighted by molar-refractivity contribution is -0.142. The van der Waals surface area contributed by atoms with E-state index < -0.39 is 0 Å². The lowest BCUT2D eigenvalue weighted by Crippen LogP contribution is -2.48. The van der Waals surface area contributed by atoms with E-state index in [4.69, 9.17) is 4.74 Å². The first-order valence-corrected chi connectivity index (χ1v) is 12.1. The number of rotatable bonds is 9. The number of benzene rings is 1. The second-order valence-corrected chi connectivity index (χ2v) is 9.89. The molecular formula is C26H34N2O3S. The number of hydrogen-bond acceptors (Lipinski definition) is 4. The van der Waals surface area contributed by atoms with Crippen LogP contribution >= 0.6 is 11.3 Å². The largest absolute Gasteiger partial charge is 0.491 e. The molecule has 1 aromatic carbocycles. The monoisotopic (exact) mass is 454 g/mol. The van der Waals surface area contributed by atoms with Crippen molar-refractivity contribution in [1.82, 2.24) is 9.80 Å². The van der Waals surface area contributed by atoms with E-state index in [1.807, 2.05) is 37.8 Å². The van der Waals surface area contributed by atoms with Crippen LogP contribution in [0.15, 0.2) is 42.3 Å². The first kappa shape index (κ1) is 24.1. The van der Waals surface area contributed by atoms with Crippen LogP contribution in [0.25, 0.3) is 0 Å². The molecule has 6 heteroatoms. The van der Waals surface area contributed by atoms with Crippen molar-refractivity contribution in [3.8, 4) is 5.75 Å². The minimum atomic E-state index is -0.163. The molecule has 1 atom stereocenters. The molecule has 0 spiro atoms. The van der Waals surface area contributed by atoms with Crippen molar-refractivity contribution >= 4 is 23.2 Å². The second kappa shape index (κ2) is 10.8. The first-order valence-electron chi connectivity index (χ1n) is 11.2. The Kier molecular flexibility index (Phi) is 8.13. The Hall–Kier alpha value is -2.60. The quantitative estimate of drug-likeness (QED) is 0.505. The van der Waals surface area contributed by atoms with Crippen LogP contribution in [-0.4, -0.2) is 47.9 Å². The van der Waals surface area contributed by atoms with Crippen molar-refractivity contribution < 1.29 is 14.3 Å². The molecule has 0 saturated carbocycles. The molecule has 1 aromatic heterocycles. The van der Waals surface area contributed by atoms with Gasteiger partial charge in [-0.3, -0.25) is 9.59 Å². The van der Waals surface area contributed by atoms with E-state index in [0.717, 1.165) is 23.3 Å². The third kappa shape index (κ3) is 5.80. The van der Waals surface area contributed by atoms with Gasteiger partial charge in [-0.05, 0) is 54.8 Å². The summed E-state index contributed by atoms with van der Waals surface area (Å²) in [6, 6.07) is 8.06. The predicted molar refractivity (Wildman–Crippen MR) is 130 cm³/mol. The van der Waals surface area contributed by atoms with Gasteiger partial charge in [0.2, 0.25) is 11.8 Å². The van der Waals surface area contributed by atoms with Gasteiger partial charge in [0.05, 0.1) is 6.04 Å². The first-order chi connectivity index (χ1) is 15.3. The van der Waals surface area contributed by atoms with Crippen molar-refractivity contribution in [1.29, 1.82) is 0 Å². The molecule has 32 heavy (non-hydrogen) atoms. The summed E-state index contributed by atoms with van der Waals surface area (Å²) < 4.78 is 6.20. The number of carbonyl (C=O) groups is 2. The molecule has 5 nitrogen and oxygen atoms in total. The van der Waals surface area contributed by atoms with Crippen LogP contribution in [0, 0.1) is 19.8 Å². The Labute approximate surface area is 195 Å². The van der Waals surface area contributed by atoms with Gasteiger partial charge in [0.1, 0.15) is 18.9 Å². The van der Waals surface area contributed by atoms with Crippen LogP contribution in [0.5, 0.6) is 5.75 Å². The molecule has 172 valence electrons. The normalized spacial score (nSPS) is 15.4. The molecule has 0 saturated heterocycles. The molecule has 1 unspecified atom stereocenters. The molecular weight excluding hydrogens is 420 g/mol. The zero-order valence-electron chi connectivity index (χ0n) is 19.6. The van der Waals surface area contributed by atoms with Gasteiger partial charge in [-0.25, -0.2) is 0 Å². The van der Waals surface area contributed by atoms with Gasteiger partial charge in [0.25, 0.3) is 0 Å². The molecule has 0 N–H and O–H groups in total. The number of hydrogen-bond donors (Lipinski definition) is 0. The maximum absolute atomic E-state index is 13.4. The summed E-state index contributed by atoms with van der Waals surface area (Å²) in [7, 11) is 0. The summed E-state index contributed by atoms with van der Waals surface area (Å²) in [4.78, 5) is 30.9. The molecule has 1 aliphatic rings. The predicted octanol–water partition coefficient (Wildman–Crippen LogP) is 4.93. The summed E-state index contributed by atoms with van der Waals surface area (Å²) in [6.07, 6.45) is 2.94. The Morgan fingerprint density at radius 3 is 2.78 bits per heavy atom. The highest BCUT2D eigenvalue weighted by Crippen LogP contribution is 2.34. The van der Waals surface area contributed by atoms with Crippen LogP contribution < -0.4 is 4.74 Å². The molecule has 3 rings (SSSR count). The summed E-state index contributed by atoms with van der Waals surface area (Å²) in [5, 5.41) is 2.08. The number of carbonyl (C=O) groups excluding carboxylic acids is 2.